The third-order valence-electron chi connectivity index (χ3n) is 5.15. The summed E-state index contributed by atoms with van der Waals surface area (Å²) in [6, 6.07) is 1.91. The second kappa shape index (κ2) is 7.15. The Kier molecular flexibility index (Phi) is 5.15. The molecule has 132 valence electrons. The van der Waals surface area contributed by atoms with Gasteiger partial charge in [0.2, 0.25) is 0 Å². The maximum atomic E-state index is 13.9. The molecule has 5 nitrogen and oxygen atoms in total. The number of aromatic nitrogens is 1. The normalized spacial score (nSPS) is 25.9. The van der Waals surface area contributed by atoms with E-state index in [-0.39, 0.29) is 16.9 Å². The second-order valence-corrected chi connectivity index (χ2v) is 7.30. The average Bonchev–Trinajstić information content (AvgIpc) is 2.77. The van der Waals surface area contributed by atoms with E-state index in [0.29, 0.717) is 25.7 Å². The quantitative estimate of drug-likeness (QED) is 0.831. The summed E-state index contributed by atoms with van der Waals surface area (Å²) in [5, 5.41) is 0. The van der Waals surface area contributed by atoms with Crippen molar-refractivity contribution in [2.75, 3.05) is 39.4 Å². The summed E-state index contributed by atoms with van der Waals surface area (Å²) in [4.78, 5) is 20.7. The van der Waals surface area contributed by atoms with Gasteiger partial charge in [0.05, 0.1) is 25.0 Å². The van der Waals surface area contributed by atoms with E-state index in [1.165, 1.54) is 12.3 Å². The summed E-state index contributed by atoms with van der Waals surface area (Å²) in [7, 11) is 0. The molecule has 3 rings (SSSR count). The Hall–Kier alpha value is -1.53. The van der Waals surface area contributed by atoms with Crippen molar-refractivity contribution in [1.82, 2.24) is 14.8 Å². The number of nitrogens with zero attached hydrogens (tertiary/aromatic N) is 3. The van der Waals surface area contributed by atoms with Crippen molar-refractivity contribution < 1.29 is 13.9 Å². The van der Waals surface area contributed by atoms with Gasteiger partial charge in [0.25, 0.3) is 5.91 Å². The lowest BCUT2D eigenvalue weighted by Crippen LogP contribution is -2.53. The zero-order chi connectivity index (χ0) is 17.2. The van der Waals surface area contributed by atoms with E-state index in [9.17, 15) is 9.18 Å². The molecule has 0 aliphatic carbocycles. The molecule has 0 N–H and O–H groups in total. The number of hydrogen-bond acceptors (Lipinski definition) is 4. The first-order valence-electron chi connectivity index (χ1n) is 8.71. The summed E-state index contributed by atoms with van der Waals surface area (Å²) in [5.41, 5.74) is 0.0513. The smallest absolute Gasteiger partial charge is 0.256 e. The summed E-state index contributed by atoms with van der Waals surface area (Å²) in [6.07, 6.45) is 4.53. The maximum Gasteiger partial charge on any atom is 0.256 e. The minimum absolute atomic E-state index is 0.0574. The lowest BCUT2D eigenvalue weighted by molar-refractivity contribution is 0.00555. The number of rotatable bonds is 2. The van der Waals surface area contributed by atoms with Gasteiger partial charge in [-0.05, 0) is 32.8 Å². The molecule has 1 aromatic heterocycles. The van der Waals surface area contributed by atoms with Gasteiger partial charge < -0.3 is 9.64 Å². The van der Waals surface area contributed by atoms with Crippen LogP contribution in [0.2, 0.25) is 0 Å². The number of pyridine rings is 1. The van der Waals surface area contributed by atoms with E-state index in [1.54, 1.807) is 4.90 Å². The highest BCUT2D eigenvalue weighted by atomic mass is 19.1. The van der Waals surface area contributed by atoms with Gasteiger partial charge in [0.15, 0.2) is 5.82 Å². The van der Waals surface area contributed by atoms with Gasteiger partial charge in [-0.25, -0.2) is 4.39 Å². The number of amides is 1. The Balaban J connectivity index is 1.78. The van der Waals surface area contributed by atoms with Gasteiger partial charge in [-0.1, -0.05) is 0 Å². The maximum absolute atomic E-state index is 13.9. The summed E-state index contributed by atoms with van der Waals surface area (Å²) >= 11 is 0. The third-order valence-corrected chi connectivity index (χ3v) is 5.15. The van der Waals surface area contributed by atoms with Gasteiger partial charge in [-0.3, -0.25) is 14.7 Å². The Morgan fingerprint density at radius 2 is 2.21 bits per heavy atom. The predicted octanol–water partition coefficient (Wildman–Crippen LogP) is 2.18. The molecule has 1 atom stereocenters. The predicted molar refractivity (Wildman–Crippen MR) is 89.3 cm³/mol. The zero-order valence-electron chi connectivity index (χ0n) is 14.5. The Labute approximate surface area is 142 Å². The van der Waals surface area contributed by atoms with Crippen LogP contribution in [0.5, 0.6) is 0 Å². The fourth-order valence-electron chi connectivity index (χ4n) is 3.81. The van der Waals surface area contributed by atoms with Crippen molar-refractivity contribution in [2.24, 2.45) is 5.41 Å². The van der Waals surface area contributed by atoms with E-state index in [0.717, 1.165) is 38.7 Å². The van der Waals surface area contributed by atoms with Gasteiger partial charge in [-0.15, -0.1) is 0 Å². The number of hydrogen-bond donors (Lipinski definition) is 0. The van der Waals surface area contributed by atoms with Gasteiger partial charge >= 0.3 is 0 Å². The molecule has 6 heteroatoms. The molecule has 3 heterocycles. The van der Waals surface area contributed by atoms with Crippen LogP contribution in [0.15, 0.2) is 18.5 Å². The number of carbonyl (C=O) groups excluding carboxylic acids is 1. The first kappa shape index (κ1) is 17.3. The molecule has 2 aliphatic heterocycles. The zero-order valence-corrected chi connectivity index (χ0v) is 14.5. The highest BCUT2D eigenvalue weighted by Gasteiger charge is 2.41. The number of likely N-dealkylation sites (tertiary alicyclic amines) is 1. The van der Waals surface area contributed by atoms with Crippen LogP contribution in [0.1, 0.15) is 37.0 Å². The van der Waals surface area contributed by atoms with Crippen LogP contribution in [0, 0.1) is 11.2 Å². The van der Waals surface area contributed by atoms with Crippen LogP contribution in [-0.4, -0.2) is 66.1 Å². The van der Waals surface area contributed by atoms with Crippen molar-refractivity contribution in [3.63, 3.8) is 0 Å². The molecule has 24 heavy (non-hydrogen) atoms. The molecule has 0 radical (unpaired) electrons. The molecule has 1 amide bonds. The Bertz CT molecular complexity index is 595. The molecule has 1 aromatic rings. The Morgan fingerprint density at radius 3 is 2.96 bits per heavy atom. The molecule has 2 saturated heterocycles. The fourth-order valence-corrected chi connectivity index (χ4v) is 3.81. The van der Waals surface area contributed by atoms with Crippen molar-refractivity contribution in [3.05, 3.63) is 29.8 Å². The van der Waals surface area contributed by atoms with Crippen molar-refractivity contribution in [1.29, 1.82) is 0 Å². The lowest BCUT2D eigenvalue weighted by Gasteiger charge is -2.44. The highest BCUT2D eigenvalue weighted by molar-refractivity contribution is 5.94. The first-order chi connectivity index (χ1) is 11.5. The molecule has 0 aromatic carbocycles. The molecule has 0 bridgehead atoms. The molecular formula is C18H26FN3O2. The van der Waals surface area contributed by atoms with Crippen LogP contribution in [0.4, 0.5) is 4.39 Å². The molecule has 2 aliphatic rings. The molecular weight excluding hydrogens is 309 g/mol. The summed E-state index contributed by atoms with van der Waals surface area (Å²) in [5.74, 6) is -0.794. The lowest BCUT2D eigenvalue weighted by atomic mass is 9.79. The molecule has 0 saturated carbocycles. The number of ether oxygens (including phenoxy) is 1. The largest absolute Gasteiger partial charge is 0.379 e. The SMILES string of the molecule is CC(C)N1CCOCC2(CCCN(C(=O)c3ccncc3F)C2)C1. The highest BCUT2D eigenvalue weighted by Crippen LogP contribution is 2.34. The number of carbonyl (C=O) groups is 1. The van der Waals surface area contributed by atoms with E-state index in [4.69, 9.17) is 4.74 Å². The first-order valence-corrected chi connectivity index (χ1v) is 8.71. The standard InChI is InChI=1S/C18H26FN3O2/c1-14(2)21-8-9-24-13-18(11-21)5-3-7-22(12-18)17(23)15-4-6-20-10-16(15)19/h4,6,10,14H,3,5,7-9,11-13H2,1-2H3. The second-order valence-electron chi connectivity index (χ2n) is 7.30. The number of piperidine rings is 1. The van der Waals surface area contributed by atoms with Gasteiger partial charge in [-0.2, -0.15) is 0 Å². The Morgan fingerprint density at radius 1 is 1.38 bits per heavy atom. The van der Waals surface area contributed by atoms with E-state index in [2.05, 4.69) is 23.7 Å². The van der Waals surface area contributed by atoms with E-state index < -0.39 is 5.82 Å². The average molecular weight is 335 g/mol. The fraction of sp³-hybridized carbons (Fsp3) is 0.667. The van der Waals surface area contributed by atoms with E-state index >= 15 is 0 Å². The molecule has 1 unspecified atom stereocenters. The summed E-state index contributed by atoms with van der Waals surface area (Å²) < 4.78 is 19.8. The minimum atomic E-state index is -0.553. The van der Waals surface area contributed by atoms with Gasteiger partial charge in [0.1, 0.15) is 0 Å². The van der Waals surface area contributed by atoms with Crippen LogP contribution < -0.4 is 0 Å². The van der Waals surface area contributed by atoms with Crippen LogP contribution in [-0.2, 0) is 4.74 Å². The topological polar surface area (TPSA) is 45.7 Å². The monoisotopic (exact) mass is 335 g/mol. The van der Waals surface area contributed by atoms with E-state index in [1.807, 2.05) is 0 Å². The third kappa shape index (κ3) is 3.59. The van der Waals surface area contributed by atoms with Crippen molar-refractivity contribution in [2.45, 2.75) is 32.7 Å². The molecule has 2 fully saturated rings. The van der Waals surface area contributed by atoms with Gasteiger partial charge in [0, 0.05) is 43.8 Å². The summed E-state index contributed by atoms with van der Waals surface area (Å²) in [6.45, 7) is 8.92. The van der Waals surface area contributed by atoms with Crippen molar-refractivity contribution >= 4 is 5.91 Å². The molecule has 1 spiro atoms. The number of halogens is 1. The minimum Gasteiger partial charge on any atom is -0.379 e. The van der Waals surface area contributed by atoms with Crippen LogP contribution >= 0.6 is 0 Å². The van der Waals surface area contributed by atoms with Crippen LogP contribution in [0.3, 0.4) is 0 Å². The van der Waals surface area contributed by atoms with Crippen LogP contribution in [0.25, 0.3) is 0 Å². The van der Waals surface area contributed by atoms with Crippen molar-refractivity contribution in [3.8, 4) is 0 Å².